The zero-order valence-corrected chi connectivity index (χ0v) is 12.1. The number of carbonyl (C=O) groups is 1. The molecule has 1 N–H and O–H groups in total. The van der Waals surface area contributed by atoms with Crippen molar-refractivity contribution < 1.29 is 4.79 Å². The summed E-state index contributed by atoms with van der Waals surface area (Å²) in [5, 5.41) is 2.95. The quantitative estimate of drug-likeness (QED) is 0.903. The number of imidazole rings is 1. The molecule has 4 nitrogen and oxygen atoms in total. The van der Waals surface area contributed by atoms with Gasteiger partial charge in [0.1, 0.15) is 5.82 Å². The lowest BCUT2D eigenvalue weighted by molar-refractivity contribution is -0.116. The fourth-order valence-electron chi connectivity index (χ4n) is 2.56. The van der Waals surface area contributed by atoms with Gasteiger partial charge in [0.25, 0.3) is 0 Å². The van der Waals surface area contributed by atoms with Gasteiger partial charge < -0.3 is 9.88 Å². The predicted octanol–water partition coefficient (Wildman–Crippen LogP) is 3.58. The van der Waals surface area contributed by atoms with E-state index in [1.807, 2.05) is 18.2 Å². The molecular weight excluding hydrogens is 250 g/mol. The molecule has 0 atom stereocenters. The Kier molecular flexibility index (Phi) is 3.47. The van der Waals surface area contributed by atoms with Gasteiger partial charge in [-0.2, -0.15) is 0 Å². The van der Waals surface area contributed by atoms with Crippen LogP contribution in [0.25, 0.3) is 11.0 Å². The number of fused-ring (bicyclic) bond motifs is 1. The van der Waals surface area contributed by atoms with Crippen molar-refractivity contribution in [2.45, 2.75) is 44.9 Å². The normalized spacial score (nSPS) is 14.7. The van der Waals surface area contributed by atoms with Gasteiger partial charge in [-0.3, -0.25) is 4.79 Å². The maximum Gasteiger partial charge on any atom is 0.224 e. The van der Waals surface area contributed by atoms with E-state index in [1.165, 1.54) is 18.7 Å². The molecule has 0 saturated heterocycles. The molecular formula is C16H21N3O. The number of nitrogens with zero attached hydrogens (tertiary/aromatic N) is 2. The van der Waals surface area contributed by atoms with Gasteiger partial charge in [-0.05, 0) is 37.5 Å². The van der Waals surface area contributed by atoms with Crippen LogP contribution >= 0.6 is 0 Å². The third-order valence-corrected chi connectivity index (χ3v) is 3.90. The second-order valence-corrected chi connectivity index (χ2v) is 5.66. The predicted molar refractivity (Wildman–Crippen MR) is 80.8 cm³/mol. The maximum absolute atomic E-state index is 11.8. The number of carbonyl (C=O) groups excluding carboxylic acids is 1. The second-order valence-electron chi connectivity index (χ2n) is 5.66. The Bertz CT molecular complexity index is 640. The Morgan fingerprint density at radius 1 is 1.45 bits per heavy atom. The fourth-order valence-corrected chi connectivity index (χ4v) is 2.56. The van der Waals surface area contributed by atoms with Crippen LogP contribution in [0, 0.1) is 0 Å². The first-order valence-corrected chi connectivity index (χ1v) is 7.45. The van der Waals surface area contributed by atoms with Crippen LogP contribution in [0.5, 0.6) is 0 Å². The SMILES string of the molecule is CCCCC(=O)Nc1ccc2c(c1)nc(C1CC1)n2C. The topological polar surface area (TPSA) is 46.9 Å². The van der Waals surface area contributed by atoms with E-state index in [0.29, 0.717) is 12.3 Å². The number of hydrogen-bond acceptors (Lipinski definition) is 2. The zero-order chi connectivity index (χ0) is 14.1. The van der Waals surface area contributed by atoms with E-state index in [4.69, 9.17) is 4.98 Å². The summed E-state index contributed by atoms with van der Waals surface area (Å²) in [6.45, 7) is 2.09. The van der Waals surface area contributed by atoms with Crippen molar-refractivity contribution >= 4 is 22.6 Å². The number of aromatic nitrogens is 2. The number of anilines is 1. The minimum Gasteiger partial charge on any atom is -0.331 e. The van der Waals surface area contributed by atoms with E-state index in [-0.39, 0.29) is 5.91 Å². The average Bonchev–Trinajstić information content (AvgIpc) is 3.22. The Labute approximate surface area is 119 Å². The summed E-state index contributed by atoms with van der Waals surface area (Å²) in [5.41, 5.74) is 2.96. The van der Waals surface area contributed by atoms with Crippen LogP contribution in [0.1, 0.15) is 50.8 Å². The number of benzene rings is 1. The van der Waals surface area contributed by atoms with Crippen LogP contribution in [-0.4, -0.2) is 15.5 Å². The third kappa shape index (κ3) is 2.55. The lowest BCUT2D eigenvalue weighted by atomic mass is 10.2. The lowest BCUT2D eigenvalue weighted by Gasteiger charge is -2.05. The molecule has 0 spiro atoms. The van der Waals surface area contributed by atoms with Gasteiger partial charge in [-0.25, -0.2) is 4.98 Å². The zero-order valence-electron chi connectivity index (χ0n) is 12.1. The Balaban J connectivity index is 1.81. The molecule has 2 aromatic rings. The van der Waals surface area contributed by atoms with Gasteiger partial charge in [-0.15, -0.1) is 0 Å². The summed E-state index contributed by atoms with van der Waals surface area (Å²) in [6, 6.07) is 5.99. The molecule has 1 aliphatic carbocycles. The third-order valence-electron chi connectivity index (χ3n) is 3.90. The second kappa shape index (κ2) is 5.27. The van der Waals surface area contributed by atoms with Gasteiger partial charge in [0, 0.05) is 25.1 Å². The summed E-state index contributed by atoms with van der Waals surface area (Å²) in [4.78, 5) is 16.5. The first-order valence-electron chi connectivity index (χ1n) is 7.45. The van der Waals surface area contributed by atoms with Crippen LogP contribution in [-0.2, 0) is 11.8 Å². The van der Waals surface area contributed by atoms with Gasteiger partial charge in [0.05, 0.1) is 11.0 Å². The molecule has 1 amide bonds. The largest absolute Gasteiger partial charge is 0.331 e. The van der Waals surface area contributed by atoms with E-state index >= 15 is 0 Å². The first-order chi connectivity index (χ1) is 9.69. The number of unbranched alkanes of at least 4 members (excludes halogenated alkanes) is 1. The number of aryl methyl sites for hydroxylation is 1. The minimum atomic E-state index is 0.0875. The molecule has 0 bridgehead atoms. The van der Waals surface area contributed by atoms with Crippen LogP contribution in [0.4, 0.5) is 5.69 Å². The minimum absolute atomic E-state index is 0.0875. The molecule has 1 aromatic heterocycles. The molecule has 1 saturated carbocycles. The van der Waals surface area contributed by atoms with Crippen molar-refractivity contribution in [3.8, 4) is 0 Å². The Hall–Kier alpha value is -1.84. The van der Waals surface area contributed by atoms with E-state index in [9.17, 15) is 4.79 Å². The van der Waals surface area contributed by atoms with Crippen molar-refractivity contribution in [3.05, 3.63) is 24.0 Å². The van der Waals surface area contributed by atoms with Crippen molar-refractivity contribution in [2.75, 3.05) is 5.32 Å². The molecule has 0 radical (unpaired) electrons. The Morgan fingerprint density at radius 2 is 2.25 bits per heavy atom. The van der Waals surface area contributed by atoms with Crippen molar-refractivity contribution in [1.82, 2.24) is 9.55 Å². The highest BCUT2D eigenvalue weighted by Gasteiger charge is 2.28. The summed E-state index contributed by atoms with van der Waals surface area (Å²) < 4.78 is 2.18. The molecule has 1 heterocycles. The number of nitrogens with one attached hydrogen (secondary N) is 1. The highest BCUT2D eigenvalue weighted by molar-refractivity contribution is 5.93. The standard InChI is InChI=1S/C16H21N3O/c1-3-4-5-15(20)17-12-8-9-14-13(10-12)18-16(19(14)2)11-6-7-11/h8-11H,3-7H2,1-2H3,(H,17,20). The number of hydrogen-bond donors (Lipinski definition) is 1. The lowest BCUT2D eigenvalue weighted by Crippen LogP contribution is -2.10. The van der Waals surface area contributed by atoms with Crippen LogP contribution in [0.3, 0.4) is 0 Å². The van der Waals surface area contributed by atoms with Crippen LogP contribution < -0.4 is 5.32 Å². The molecule has 0 unspecified atom stereocenters. The highest BCUT2D eigenvalue weighted by Crippen LogP contribution is 2.40. The number of rotatable bonds is 5. The molecule has 3 rings (SSSR count). The van der Waals surface area contributed by atoms with Crippen molar-refractivity contribution in [1.29, 1.82) is 0 Å². The molecule has 1 fully saturated rings. The number of amides is 1. The Morgan fingerprint density at radius 3 is 2.95 bits per heavy atom. The molecule has 106 valence electrons. The van der Waals surface area contributed by atoms with Crippen molar-refractivity contribution in [2.24, 2.45) is 7.05 Å². The molecule has 4 heteroatoms. The van der Waals surface area contributed by atoms with E-state index in [2.05, 4.69) is 23.9 Å². The molecule has 20 heavy (non-hydrogen) atoms. The van der Waals surface area contributed by atoms with Gasteiger partial charge >= 0.3 is 0 Å². The van der Waals surface area contributed by atoms with Gasteiger partial charge in [0.2, 0.25) is 5.91 Å². The van der Waals surface area contributed by atoms with Crippen LogP contribution in [0.15, 0.2) is 18.2 Å². The fraction of sp³-hybridized carbons (Fsp3) is 0.500. The summed E-state index contributed by atoms with van der Waals surface area (Å²) in [6.07, 6.45) is 5.06. The summed E-state index contributed by atoms with van der Waals surface area (Å²) in [7, 11) is 2.07. The molecule has 1 aliphatic rings. The van der Waals surface area contributed by atoms with E-state index < -0.39 is 0 Å². The van der Waals surface area contributed by atoms with Crippen LogP contribution in [0.2, 0.25) is 0 Å². The van der Waals surface area contributed by atoms with E-state index in [1.54, 1.807) is 0 Å². The first kappa shape index (κ1) is 13.2. The maximum atomic E-state index is 11.8. The summed E-state index contributed by atoms with van der Waals surface area (Å²) in [5.74, 6) is 1.90. The van der Waals surface area contributed by atoms with Gasteiger partial charge in [-0.1, -0.05) is 13.3 Å². The molecule has 1 aromatic carbocycles. The monoisotopic (exact) mass is 271 g/mol. The smallest absolute Gasteiger partial charge is 0.224 e. The average molecular weight is 271 g/mol. The summed E-state index contributed by atoms with van der Waals surface area (Å²) >= 11 is 0. The highest BCUT2D eigenvalue weighted by atomic mass is 16.1. The van der Waals surface area contributed by atoms with E-state index in [0.717, 1.165) is 29.6 Å². The van der Waals surface area contributed by atoms with Gasteiger partial charge in [0.15, 0.2) is 0 Å². The van der Waals surface area contributed by atoms with Crippen molar-refractivity contribution in [3.63, 3.8) is 0 Å². The molecule has 0 aliphatic heterocycles.